The lowest BCUT2D eigenvalue weighted by Gasteiger charge is -2.14. The molecule has 23 heavy (non-hydrogen) atoms. The molecule has 0 radical (unpaired) electrons. The quantitative estimate of drug-likeness (QED) is 0.348. The van der Waals surface area contributed by atoms with E-state index < -0.39 is 17.9 Å². The van der Waals surface area contributed by atoms with Crippen molar-refractivity contribution in [3.63, 3.8) is 0 Å². The predicted octanol–water partition coefficient (Wildman–Crippen LogP) is 3.74. The van der Waals surface area contributed by atoms with Crippen LogP contribution in [0.15, 0.2) is 28.7 Å². The zero-order valence-corrected chi connectivity index (χ0v) is 15.1. The molecule has 0 fully saturated rings. The Labute approximate surface area is 145 Å². The fourth-order valence-corrected chi connectivity index (χ4v) is 2.25. The summed E-state index contributed by atoms with van der Waals surface area (Å²) >= 11 is 3.36. The number of rotatable bonds is 10. The van der Waals surface area contributed by atoms with Gasteiger partial charge in [-0.15, -0.1) is 0 Å². The van der Waals surface area contributed by atoms with E-state index in [4.69, 9.17) is 14.2 Å². The number of esters is 2. The van der Waals surface area contributed by atoms with Crippen LogP contribution in [-0.4, -0.2) is 31.8 Å². The Bertz CT molecular complexity index is 468. The summed E-state index contributed by atoms with van der Waals surface area (Å²) in [6.07, 6.45) is 1.82. The molecule has 0 aliphatic heterocycles. The Kier molecular flexibility index (Phi) is 9.36. The Balaban J connectivity index is 2.35. The predicted molar refractivity (Wildman–Crippen MR) is 90.2 cm³/mol. The van der Waals surface area contributed by atoms with Crippen LogP contribution in [0.1, 0.15) is 33.1 Å². The van der Waals surface area contributed by atoms with E-state index in [0.717, 1.165) is 16.6 Å². The van der Waals surface area contributed by atoms with Gasteiger partial charge in [-0.3, -0.25) is 9.59 Å². The molecule has 0 aliphatic rings. The van der Waals surface area contributed by atoms with Crippen LogP contribution >= 0.6 is 15.9 Å². The van der Waals surface area contributed by atoms with E-state index in [2.05, 4.69) is 15.9 Å². The van der Waals surface area contributed by atoms with Crippen molar-refractivity contribution >= 4 is 27.9 Å². The molecule has 128 valence electrons. The number of ether oxygens (including phenoxy) is 3. The summed E-state index contributed by atoms with van der Waals surface area (Å²) in [6, 6.07) is 7.58. The lowest BCUT2D eigenvalue weighted by Crippen LogP contribution is -2.28. The van der Waals surface area contributed by atoms with E-state index in [1.165, 1.54) is 0 Å². The van der Waals surface area contributed by atoms with Gasteiger partial charge in [0, 0.05) is 4.47 Å². The monoisotopic (exact) mass is 386 g/mol. The summed E-state index contributed by atoms with van der Waals surface area (Å²) in [5, 5.41) is 0. The first-order valence-corrected chi connectivity index (χ1v) is 8.59. The van der Waals surface area contributed by atoms with Crippen LogP contribution in [0.2, 0.25) is 0 Å². The minimum absolute atomic E-state index is 0.251. The Hall–Kier alpha value is -1.56. The maximum absolute atomic E-state index is 11.8. The van der Waals surface area contributed by atoms with Crippen molar-refractivity contribution in [3.8, 4) is 5.75 Å². The van der Waals surface area contributed by atoms with Gasteiger partial charge in [-0.1, -0.05) is 15.9 Å². The maximum atomic E-state index is 11.8. The molecule has 0 bridgehead atoms. The lowest BCUT2D eigenvalue weighted by molar-refractivity contribution is -0.162. The fourth-order valence-electron chi connectivity index (χ4n) is 1.99. The van der Waals surface area contributed by atoms with E-state index in [1.54, 1.807) is 13.8 Å². The van der Waals surface area contributed by atoms with Gasteiger partial charge in [-0.2, -0.15) is 0 Å². The summed E-state index contributed by atoms with van der Waals surface area (Å²) in [5.74, 6) is -1.08. The molecule has 5 nitrogen and oxygen atoms in total. The van der Waals surface area contributed by atoms with E-state index in [9.17, 15) is 9.59 Å². The second-order valence-electron chi connectivity index (χ2n) is 4.85. The van der Waals surface area contributed by atoms with Crippen LogP contribution in [0, 0.1) is 5.92 Å². The number of hydrogen-bond donors (Lipinski definition) is 0. The molecule has 0 saturated heterocycles. The fraction of sp³-hybridized carbons (Fsp3) is 0.529. The minimum atomic E-state index is -0.845. The van der Waals surface area contributed by atoms with Gasteiger partial charge < -0.3 is 14.2 Å². The summed E-state index contributed by atoms with van der Waals surface area (Å²) < 4.78 is 16.5. The van der Waals surface area contributed by atoms with Gasteiger partial charge in [0.2, 0.25) is 0 Å². The van der Waals surface area contributed by atoms with E-state index in [-0.39, 0.29) is 13.2 Å². The highest BCUT2D eigenvalue weighted by molar-refractivity contribution is 9.10. The zero-order chi connectivity index (χ0) is 17.1. The van der Waals surface area contributed by atoms with Gasteiger partial charge in [0.05, 0.1) is 19.8 Å². The van der Waals surface area contributed by atoms with Gasteiger partial charge in [0.25, 0.3) is 0 Å². The molecule has 0 aliphatic carbocycles. The smallest absolute Gasteiger partial charge is 0.320 e. The van der Waals surface area contributed by atoms with Crippen molar-refractivity contribution in [1.82, 2.24) is 0 Å². The third-order valence-corrected chi connectivity index (χ3v) is 3.64. The SMILES string of the molecule is CCOC(=O)C(CCCCOc1ccc(Br)cc1)C(=O)OCC. The average molecular weight is 387 g/mol. The summed E-state index contributed by atoms with van der Waals surface area (Å²) in [7, 11) is 0. The second-order valence-corrected chi connectivity index (χ2v) is 5.77. The van der Waals surface area contributed by atoms with Gasteiger partial charge >= 0.3 is 11.9 Å². The molecule has 0 spiro atoms. The van der Waals surface area contributed by atoms with E-state index in [1.807, 2.05) is 24.3 Å². The molecule has 0 atom stereocenters. The van der Waals surface area contributed by atoms with Crippen LogP contribution in [0.3, 0.4) is 0 Å². The zero-order valence-electron chi connectivity index (χ0n) is 13.5. The van der Waals surface area contributed by atoms with Crippen LogP contribution < -0.4 is 4.74 Å². The van der Waals surface area contributed by atoms with Gasteiger partial charge in [-0.25, -0.2) is 0 Å². The van der Waals surface area contributed by atoms with E-state index >= 15 is 0 Å². The molecule has 1 rings (SSSR count). The molecule has 0 N–H and O–H groups in total. The second kappa shape index (κ2) is 11.0. The van der Waals surface area contributed by atoms with E-state index in [0.29, 0.717) is 19.4 Å². The number of carbonyl (C=O) groups excluding carboxylic acids is 2. The molecular weight excluding hydrogens is 364 g/mol. The van der Waals surface area contributed by atoms with Gasteiger partial charge in [-0.05, 0) is 57.4 Å². The Morgan fingerprint density at radius 2 is 1.57 bits per heavy atom. The van der Waals surface area contributed by atoms with Crippen molar-refractivity contribution in [2.24, 2.45) is 5.92 Å². The molecule has 6 heteroatoms. The first-order chi connectivity index (χ1) is 11.1. The first-order valence-electron chi connectivity index (χ1n) is 7.80. The Morgan fingerprint density at radius 3 is 2.09 bits per heavy atom. The highest BCUT2D eigenvalue weighted by Crippen LogP contribution is 2.17. The number of benzene rings is 1. The molecule has 0 heterocycles. The maximum Gasteiger partial charge on any atom is 0.320 e. The third-order valence-electron chi connectivity index (χ3n) is 3.11. The molecule has 1 aromatic rings. The molecule has 0 aromatic heterocycles. The molecule has 0 unspecified atom stereocenters. The highest BCUT2D eigenvalue weighted by atomic mass is 79.9. The largest absolute Gasteiger partial charge is 0.494 e. The standard InChI is InChI=1S/C17H23BrO5/c1-3-21-16(19)15(17(20)22-4-2)7-5-6-12-23-14-10-8-13(18)9-11-14/h8-11,15H,3-7,12H2,1-2H3. The van der Waals surface area contributed by atoms with Crippen molar-refractivity contribution in [1.29, 1.82) is 0 Å². The number of carbonyl (C=O) groups is 2. The van der Waals surface area contributed by atoms with Crippen molar-refractivity contribution < 1.29 is 23.8 Å². The van der Waals surface area contributed by atoms with Crippen molar-refractivity contribution in [3.05, 3.63) is 28.7 Å². The molecule has 0 saturated carbocycles. The number of halogens is 1. The summed E-state index contributed by atoms with van der Waals surface area (Å²) in [4.78, 5) is 23.6. The molecular formula is C17H23BrO5. The number of hydrogen-bond acceptors (Lipinski definition) is 5. The van der Waals surface area contributed by atoms with Crippen LogP contribution in [0.25, 0.3) is 0 Å². The number of unbranched alkanes of at least 4 members (excludes halogenated alkanes) is 1. The average Bonchev–Trinajstić information content (AvgIpc) is 2.53. The lowest BCUT2D eigenvalue weighted by atomic mass is 10.0. The van der Waals surface area contributed by atoms with Crippen molar-refractivity contribution in [2.75, 3.05) is 19.8 Å². The summed E-state index contributed by atoms with van der Waals surface area (Å²) in [6.45, 7) is 4.46. The van der Waals surface area contributed by atoms with Crippen LogP contribution in [-0.2, 0) is 19.1 Å². The van der Waals surface area contributed by atoms with Crippen LogP contribution in [0.5, 0.6) is 5.75 Å². The first kappa shape index (κ1) is 19.5. The van der Waals surface area contributed by atoms with Crippen molar-refractivity contribution in [2.45, 2.75) is 33.1 Å². The third kappa shape index (κ3) is 7.50. The van der Waals surface area contributed by atoms with Gasteiger partial charge in [0.1, 0.15) is 5.75 Å². The molecule has 1 aromatic carbocycles. The van der Waals surface area contributed by atoms with Gasteiger partial charge in [0.15, 0.2) is 5.92 Å². The topological polar surface area (TPSA) is 61.8 Å². The minimum Gasteiger partial charge on any atom is -0.494 e. The normalized spacial score (nSPS) is 10.4. The Morgan fingerprint density at radius 1 is 1.00 bits per heavy atom. The van der Waals surface area contributed by atoms with Crippen LogP contribution in [0.4, 0.5) is 0 Å². The summed E-state index contributed by atoms with van der Waals surface area (Å²) in [5.41, 5.74) is 0. The highest BCUT2D eigenvalue weighted by Gasteiger charge is 2.28. The molecule has 0 amide bonds.